The van der Waals surface area contributed by atoms with Crippen molar-refractivity contribution in [3.63, 3.8) is 0 Å². The zero-order valence-electron chi connectivity index (χ0n) is 15.5. The van der Waals surface area contributed by atoms with Crippen LogP contribution in [0.2, 0.25) is 18.6 Å². The molecule has 3 nitrogen and oxygen atoms in total. The summed E-state index contributed by atoms with van der Waals surface area (Å²) in [5, 5.41) is 2.98. The van der Waals surface area contributed by atoms with E-state index in [0.29, 0.717) is 12.1 Å². The molecular weight excluding hydrogens is 326 g/mol. The van der Waals surface area contributed by atoms with Gasteiger partial charge in [-0.15, -0.1) is 0 Å². The summed E-state index contributed by atoms with van der Waals surface area (Å²) in [5.41, 5.74) is 1.45. The van der Waals surface area contributed by atoms with Gasteiger partial charge in [0.15, 0.2) is 0 Å². The first-order valence-electron chi connectivity index (χ1n) is 8.98. The highest BCUT2D eigenvalue weighted by atomic mass is 28.3. The van der Waals surface area contributed by atoms with Gasteiger partial charge in [0.1, 0.15) is 6.61 Å². The molecule has 0 radical (unpaired) electrons. The van der Waals surface area contributed by atoms with Crippen LogP contribution in [0.1, 0.15) is 19.4 Å². The molecule has 0 aromatic heterocycles. The van der Waals surface area contributed by atoms with Crippen LogP contribution in [0.15, 0.2) is 60.7 Å². The van der Waals surface area contributed by atoms with Crippen LogP contribution in [-0.2, 0) is 16.2 Å². The monoisotopic (exact) mass is 353 g/mol. The molecule has 132 valence electrons. The number of amides is 1. The van der Waals surface area contributed by atoms with Crippen molar-refractivity contribution in [3.05, 3.63) is 66.2 Å². The summed E-state index contributed by atoms with van der Waals surface area (Å²) in [5.74, 6) is 0.185. The van der Waals surface area contributed by atoms with Crippen molar-refractivity contribution in [2.24, 2.45) is 5.92 Å². The number of nitrogens with zero attached hydrogens (tertiary/aromatic N) is 1. The van der Waals surface area contributed by atoms with Crippen molar-refractivity contribution >= 4 is 19.2 Å². The number of β-lactam (4-membered cyclic amide) rings is 1. The summed E-state index contributed by atoms with van der Waals surface area (Å²) in [4.78, 5) is 18.5. The third kappa shape index (κ3) is 3.41. The molecule has 0 unspecified atom stereocenters. The van der Waals surface area contributed by atoms with E-state index < -0.39 is 8.07 Å². The topological polar surface area (TPSA) is 29.5 Å². The molecule has 25 heavy (non-hydrogen) atoms. The van der Waals surface area contributed by atoms with E-state index in [1.165, 1.54) is 5.19 Å². The summed E-state index contributed by atoms with van der Waals surface area (Å²) in [7, 11) is -1.72. The van der Waals surface area contributed by atoms with Crippen LogP contribution in [0.5, 0.6) is 0 Å². The van der Waals surface area contributed by atoms with Gasteiger partial charge >= 0.3 is 0 Å². The summed E-state index contributed by atoms with van der Waals surface area (Å²) in [6, 6.07) is 20.8. The van der Waals surface area contributed by atoms with Crippen molar-refractivity contribution in [1.82, 2.24) is 5.06 Å². The van der Waals surface area contributed by atoms with Crippen LogP contribution < -0.4 is 5.19 Å². The Balaban J connectivity index is 1.65. The number of hydrogen-bond acceptors (Lipinski definition) is 2. The van der Waals surface area contributed by atoms with Gasteiger partial charge in [0.2, 0.25) is 0 Å². The quantitative estimate of drug-likeness (QED) is 0.581. The van der Waals surface area contributed by atoms with Gasteiger partial charge in [-0.1, -0.05) is 85.9 Å². The van der Waals surface area contributed by atoms with Gasteiger partial charge in [-0.05, 0) is 18.0 Å². The highest BCUT2D eigenvalue weighted by Gasteiger charge is 2.52. The molecule has 4 heteroatoms. The third-order valence-electron chi connectivity index (χ3n) is 5.80. The molecule has 1 fully saturated rings. The van der Waals surface area contributed by atoms with E-state index in [1.54, 1.807) is 5.06 Å². The molecule has 3 rings (SSSR count). The van der Waals surface area contributed by atoms with Gasteiger partial charge in [-0.2, -0.15) is 0 Å². The average Bonchev–Trinajstić information content (AvgIpc) is 2.63. The number of benzene rings is 2. The van der Waals surface area contributed by atoms with E-state index in [-0.39, 0.29) is 17.9 Å². The first-order chi connectivity index (χ1) is 11.9. The van der Waals surface area contributed by atoms with E-state index >= 15 is 0 Å². The highest BCUT2D eigenvalue weighted by Crippen LogP contribution is 2.41. The van der Waals surface area contributed by atoms with E-state index in [4.69, 9.17) is 4.84 Å². The van der Waals surface area contributed by atoms with Gasteiger partial charge in [0.25, 0.3) is 5.91 Å². The molecule has 0 bridgehead atoms. The minimum Gasteiger partial charge on any atom is -0.272 e. The Morgan fingerprint density at radius 2 is 1.60 bits per heavy atom. The average molecular weight is 354 g/mol. The first-order valence-corrected chi connectivity index (χ1v) is 12.1. The fourth-order valence-electron chi connectivity index (χ4n) is 3.73. The van der Waals surface area contributed by atoms with E-state index in [2.05, 4.69) is 57.3 Å². The van der Waals surface area contributed by atoms with Gasteiger partial charge in [-0.25, -0.2) is 5.06 Å². The van der Waals surface area contributed by atoms with E-state index in [0.717, 1.165) is 5.56 Å². The third-order valence-corrected chi connectivity index (χ3v) is 10.3. The largest absolute Gasteiger partial charge is 0.272 e. The highest BCUT2D eigenvalue weighted by molar-refractivity contribution is 6.91. The lowest BCUT2D eigenvalue weighted by Crippen LogP contribution is -2.64. The molecular formula is C21H27NO2Si. The van der Waals surface area contributed by atoms with Gasteiger partial charge in [0.05, 0.1) is 20.0 Å². The zero-order chi connectivity index (χ0) is 18.0. The number of hydroxylamine groups is 2. The lowest BCUT2D eigenvalue weighted by atomic mass is 9.88. The molecule has 2 aromatic carbocycles. The molecule has 1 amide bonds. The van der Waals surface area contributed by atoms with Gasteiger partial charge in [0, 0.05) is 0 Å². The molecule has 1 aliphatic rings. The predicted octanol–water partition coefficient (Wildman–Crippen LogP) is 3.97. The molecule has 0 spiro atoms. The number of rotatable bonds is 6. The van der Waals surface area contributed by atoms with E-state index in [1.807, 2.05) is 30.3 Å². The van der Waals surface area contributed by atoms with Crippen LogP contribution in [0.25, 0.3) is 0 Å². The Kier molecular flexibility index (Phi) is 5.11. The van der Waals surface area contributed by atoms with Gasteiger partial charge in [-0.3, -0.25) is 9.63 Å². The zero-order valence-corrected chi connectivity index (χ0v) is 16.5. The Labute approximate surface area is 151 Å². The normalized spacial score (nSPS) is 21.8. The number of carbonyl (C=O) groups excluding carboxylic acids is 1. The maximum Gasteiger partial charge on any atom is 0.251 e. The second-order valence-corrected chi connectivity index (χ2v) is 12.5. The molecule has 1 aliphatic heterocycles. The number of hydrogen-bond donors (Lipinski definition) is 0. The molecule has 0 aliphatic carbocycles. The maximum absolute atomic E-state index is 12.7. The van der Waals surface area contributed by atoms with Gasteiger partial charge < -0.3 is 0 Å². The molecule has 1 saturated heterocycles. The summed E-state index contributed by atoms with van der Waals surface area (Å²) in [6.45, 7) is 9.51. The molecule has 3 atom stereocenters. The Morgan fingerprint density at radius 1 is 1.04 bits per heavy atom. The number of carbonyl (C=O) groups is 1. The fraction of sp³-hybridized carbons (Fsp3) is 0.381. The minimum atomic E-state index is -1.72. The Bertz CT molecular complexity index is 717. The molecule has 2 aromatic rings. The SMILES string of the molecule is C[C@H]1[C@@H]([C@H](C)[Si](C)(C)c2ccccc2)C(=O)N1OCc1ccccc1. The summed E-state index contributed by atoms with van der Waals surface area (Å²) in [6.07, 6.45) is 0. The molecule has 0 saturated carbocycles. The van der Waals surface area contributed by atoms with Crippen molar-refractivity contribution in [2.75, 3.05) is 0 Å². The Hall–Kier alpha value is -1.91. The van der Waals surface area contributed by atoms with Crippen molar-refractivity contribution in [3.8, 4) is 0 Å². The fourth-order valence-corrected chi connectivity index (χ4v) is 6.62. The lowest BCUT2D eigenvalue weighted by molar-refractivity contribution is -0.245. The van der Waals surface area contributed by atoms with Crippen molar-refractivity contribution in [2.45, 2.75) is 45.1 Å². The molecule has 1 heterocycles. The molecule has 0 N–H and O–H groups in total. The van der Waals surface area contributed by atoms with Crippen LogP contribution >= 0.6 is 0 Å². The standard InChI is InChI=1S/C21H27NO2Si/c1-16-20(17(2)25(3,4)19-13-9-6-10-14-19)21(23)22(16)24-15-18-11-7-5-8-12-18/h5-14,16-17,20H,15H2,1-4H3/t16-,17-,20-/m0/s1. The van der Waals surface area contributed by atoms with E-state index in [9.17, 15) is 4.79 Å². The van der Waals surface area contributed by atoms with Crippen LogP contribution in [0, 0.1) is 5.92 Å². The summed E-state index contributed by atoms with van der Waals surface area (Å²) < 4.78 is 0. The van der Waals surface area contributed by atoms with Crippen molar-refractivity contribution in [1.29, 1.82) is 0 Å². The van der Waals surface area contributed by atoms with Crippen LogP contribution in [0.3, 0.4) is 0 Å². The first kappa shape index (κ1) is 17.9. The summed E-state index contributed by atoms with van der Waals surface area (Å²) >= 11 is 0. The Morgan fingerprint density at radius 3 is 2.16 bits per heavy atom. The second kappa shape index (κ2) is 7.14. The predicted molar refractivity (Wildman–Crippen MR) is 104 cm³/mol. The smallest absolute Gasteiger partial charge is 0.251 e. The maximum atomic E-state index is 12.7. The lowest BCUT2D eigenvalue weighted by Gasteiger charge is -2.49. The van der Waals surface area contributed by atoms with Crippen molar-refractivity contribution < 1.29 is 9.63 Å². The van der Waals surface area contributed by atoms with Crippen LogP contribution in [-0.4, -0.2) is 25.1 Å². The second-order valence-electron chi connectivity index (χ2n) is 7.57. The van der Waals surface area contributed by atoms with Crippen LogP contribution in [0.4, 0.5) is 0 Å². The minimum absolute atomic E-state index is 0.0534.